The predicted octanol–water partition coefficient (Wildman–Crippen LogP) is 2.14. The summed E-state index contributed by atoms with van der Waals surface area (Å²) in [4.78, 5) is 25.6. The van der Waals surface area contributed by atoms with Crippen molar-refractivity contribution in [1.82, 2.24) is 4.90 Å². The Balaban J connectivity index is 1.93. The van der Waals surface area contributed by atoms with E-state index < -0.39 is 5.76 Å². The standard InChI is InChI=1S/C15H19F2N3O2S/c16-15(17)23-12-6-2-1-5-11(12)19-13(21)9-20-7-3-4-10(8-20)14(18)22/h1-2,5-6,10,15H,3-4,7-9H2,(H2,18,22)(H,19,21)/t10-/m1/s1. The highest BCUT2D eigenvalue weighted by molar-refractivity contribution is 7.99. The number of amides is 2. The van der Waals surface area contributed by atoms with Crippen LogP contribution in [-0.4, -0.2) is 42.1 Å². The highest BCUT2D eigenvalue weighted by Crippen LogP contribution is 2.31. The fraction of sp³-hybridized carbons (Fsp3) is 0.467. The highest BCUT2D eigenvalue weighted by Gasteiger charge is 2.25. The van der Waals surface area contributed by atoms with Crippen LogP contribution in [0.25, 0.3) is 0 Å². The molecule has 126 valence electrons. The van der Waals surface area contributed by atoms with Crippen molar-refractivity contribution in [2.24, 2.45) is 11.7 Å². The third-order valence-electron chi connectivity index (χ3n) is 3.65. The molecule has 0 aliphatic carbocycles. The number of para-hydroxylation sites is 1. The third kappa shape index (κ3) is 5.47. The van der Waals surface area contributed by atoms with Crippen molar-refractivity contribution in [2.45, 2.75) is 23.5 Å². The van der Waals surface area contributed by atoms with Gasteiger partial charge in [-0.2, -0.15) is 8.78 Å². The largest absolute Gasteiger partial charge is 0.369 e. The van der Waals surface area contributed by atoms with Gasteiger partial charge in [0.2, 0.25) is 11.8 Å². The van der Waals surface area contributed by atoms with Gasteiger partial charge in [-0.25, -0.2) is 0 Å². The van der Waals surface area contributed by atoms with Gasteiger partial charge < -0.3 is 11.1 Å². The molecular formula is C15H19F2N3O2S. The van der Waals surface area contributed by atoms with Crippen molar-refractivity contribution in [1.29, 1.82) is 0 Å². The summed E-state index contributed by atoms with van der Waals surface area (Å²) in [5.74, 6) is -3.43. The quantitative estimate of drug-likeness (QED) is 0.776. The molecule has 0 aromatic heterocycles. The van der Waals surface area contributed by atoms with Crippen LogP contribution in [0, 0.1) is 5.92 Å². The molecule has 2 rings (SSSR count). The average Bonchev–Trinajstić information content (AvgIpc) is 2.49. The van der Waals surface area contributed by atoms with Crippen LogP contribution in [-0.2, 0) is 9.59 Å². The van der Waals surface area contributed by atoms with Gasteiger partial charge in [0.25, 0.3) is 5.76 Å². The minimum absolute atomic E-state index is 0.109. The Hall–Kier alpha value is -1.67. The molecule has 0 radical (unpaired) electrons. The third-order valence-corrected chi connectivity index (χ3v) is 4.44. The van der Waals surface area contributed by atoms with Crippen molar-refractivity contribution >= 4 is 29.3 Å². The van der Waals surface area contributed by atoms with Crippen LogP contribution in [0.3, 0.4) is 0 Å². The number of alkyl halides is 2. The van der Waals surface area contributed by atoms with E-state index in [1.54, 1.807) is 18.2 Å². The molecule has 1 aromatic rings. The number of primary amides is 1. The first kappa shape index (κ1) is 17.7. The summed E-state index contributed by atoms with van der Waals surface area (Å²) in [6.07, 6.45) is 1.54. The maximum Gasteiger partial charge on any atom is 0.288 e. The zero-order valence-corrected chi connectivity index (χ0v) is 13.3. The summed E-state index contributed by atoms with van der Waals surface area (Å²) < 4.78 is 25.1. The van der Waals surface area contributed by atoms with Crippen molar-refractivity contribution in [3.05, 3.63) is 24.3 Å². The van der Waals surface area contributed by atoms with Crippen LogP contribution < -0.4 is 11.1 Å². The molecule has 23 heavy (non-hydrogen) atoms. The van der Waals surface area contributed by atoms with E-state index in [4.69, 9.17) is 5.73 Å². The first-order valence-electron chi connectivity index (χ1n) is 7.31. The van der Waals surface area contributed by atoms with E-state index in [2.05, 4.69) is 5.32 Å². The minimum atomic E-state index is -2.55. The maximum absolute atomic E-state index is 12.5. The lowest BCUT2D eigenvalue weighted by Gasteiger charge is -2.30. The van der Waals surface area contributed by atoms with Crippen molar-refractivity contribution < 1.29 is 18.4 Å². The smallest absolute Gasteiger partial charge is 0.288 e. The Morgan fingerprint density at radius 2 is 2.13 bits per heavy atom. The molecule has 3 N–H and O–H groups in total. The monoisotopic (exact) mass is 343 g/mol. The van der Waals surface area contributed by atoms with Gasteiger partial charge in [-0.3, -0.25) is 14.5 Å². The van der Waals surface area contributed by atoms with Crippen molar-refractivity contribution in [3.8, 4) is 0 Å². The van der Waals surface area contributed by atoms with Gasteiger partial charge in [0.05, 0.1) is 18.2 Å². The van der Waals surface area contributed by atoms with Crippen LogP contribution in [0.5, 0.6) is 0 Å². The summed E-state index contributed by atoms with van der Waals surface area (Å²) in [6.45, 7) is 1.28. The second-order valence-electron chi connectivity index (χ2n) is 5.40. The number of rotatable bonds is 6. The second-order valence-corrected chi connectivity index (χ2v) is 6.43. The topological polar surface area (TPSA) is 75.4 Å². The van der Waals surface area contributed by atoms with Gasteiger partial charge in [-0.15, -0.1) is 0 Å². The Morgan fingerprint density at radius 1 is 1.39 bits per heavy atom. The number of halogens is 2. The second kappa shape index (κ2) is 8.26. The molecule has 1 aromatic carbocycles. The molecule has 1 saturated heterocycles. The minimum Gasteiger partial charge on any atom is -0.369 e. The molecule has 0 bridgehead atoms. The molecule has 1 atom stereocenters. The van der Waals surface area contributed by atoms with E-state index in [1.165, 1.54) is 6.07 Å². The number of nitrogens with one attached hydrogen (secondary N) is 1. The van der Waals surface area contributed by atoms with Gasteiger partial charge >= 0.3 is 0 Å². The molecule has 0 unspecified atom stereocenters. The van der Waals surface area contributed by atoms with Crippen molar-refractivity contribution in [2.75, 3.05) is 25.0 Å². The van der Waals surface area contributed by atoms with Crippen molar-refractivity contribution in [3.63, 3.8) is 0 Å². The fourth-order valence-corrected chi connectivity index (χ4v) is 3.19. The number of nitrogens with two attached hydrogens (primary N) is 1. The number of likely N-dealkylation sites (tertiary alicyclic amines) is 1. The lowest BCUT2D eigenvalue weighted by Crippen LogP contribution is -2.44. The van der Waals surface area contributed by atoms with Crippen LogP contribution >= 0.6 is 11.8 Å². The van der Waals surface area contributed by atoms with Gasteiger partial charge in [0, 0.05) is 11.4 Å². The Morgan fingerprint density at radius 3 is 2.83 bits per heavy atom. The molecule has 1 aliphatic rings. The first-order chi connectivity index (χ1) is 11.0. The lowest BCUT2D eigenvalue weighted by atomic mass is 9.97. The summed E-state index contributed by atoms with van der Waals surface area (Å²) in [5.41, 5.74) is 5.68. The summed E-state index contributed by atoms with van der Waals surface area (Å²) in [6, 6.07) is 6.44. The van der Waals surface area contributed by atoms with Gasteiger partial charge in [-0.1, -0.05) is 23.9 Å². The number of piperidine rings is 1. The molecule has 5 nitrogen and oxygen atoms in total. The number of nitrogens with zero attached hydrogens (tertiary/aromatic N) is 1. The summed E-state index contributed by atoms with van der Waals surface area (Å²) >= 11 is 0.395. The Labute approximate surface area is 137 Å². The Bertz CT molecular complexity index is 571. The average molecular weight is 343 g/mol. The molecule has 1 aliphatic heterocycles. The SMILES string of the molecule is NC(=O)[C@@H]1CCCN(CC(=O)Nc2ccccc2SC(F)F)C1. The van der Waals surface area contributed by atoms with E-state index in [-0.39, 0.29) is 24.3 Å². The molecule has 2 amide bonds. The first-order valence-corrected chi connectivity index (χ1v) is 8.19. The molecule has 0 saturated carbocycles. The predicted molar refractivity (Wildman–Crippen MR) is 85.3 cm³/mol. The van der Waals surface area contributed by atoms with Crippen LogP contribution in [0.15, 0.2) is 29.2 Å². The van der Waals surface area contributed by atoms with E-state index in [9.17, 15) is 18.4 Å². The highest BCUT2D eigenvalue weighted by atomic mass is 32.2. The fourth-order valence-electron chi connectivity index (χ4n) is 2.59. The zero-order valence-electron chi connectivity index (χ0n) is 12.5. The van der Waals surface area contributed by atoms with Crippen LogP contribution in [0.2, 0.25) is 0 Å². The van der Waals surface area contributed by atoms with E-state index in [0.29, 0.717) is 35.4 Å². The normalized spacial score (nSPS) is 18.8. The van der Waals surface area contributed by atoms with Gasteiger partial charge in [0.1, 0.15) is 0 Å². The van der Waals surface area contributed by atoms with E-state index in [1.807, 2.05) is 4.90 Å². The number of benzene rings is 1. The number of hydrogen-bond donors (Lipinski definition) is 2. The van der Waals surface area contributed by atoms with Gasteiger partial charge in [0.15, 0.2) is 0 Å². The Kier molecular flexibility index (Phi) is 6.35. The summed E-state index contributed by atoms with van der Waals surface area (Å²) in [5, 5.41) is 2.66. The molecule has 1 heterocycles. The number of carbonyl (C=O) groups is 2. The summed E-state index contributed by atoms with van der Waals surface area (Å²) in [7, 11) is 0. The number of anilines is 1. The molecule has 1 fully saturated rings. The molecular weight excluding hydrogens is 324 g/mol. The van der Waals surface area contributed by atoms with Crippen LogP contribution in [0.4, 0.5) is 14.5 Å². The molecule has 8 heteroatoms. The lowest BCUT2D eigenvalue weighted by molar-refractivity contribution is -0.125. The zero-order chi connectivity index (χ0) is 16.8. The maximum atomic E-state index is 12.5. The van der Waals surface area contributed by atoms with E-state index in [0.717, 1.165) is 12.8 Å². The number of hydrogen-bond acceptors (Lipinski definition) is 4. The van der Waals surface area contributed by atoms with E-state index >= 15 is 0 Å². The van der Waals surface area contributed by atoms with Gasteiger partial charge in [-0.05, 0) is 31.5 Å². The number of carbonyl (C=O) groups excluding carboxylic acids is 2. The number of thioether (sulfide) groups is 1. The van der Waals surface area contributed by atoms with Crippen LogP contribution in [0.1, 0.15) is 12.8 Å². The molecule has 0 spiro atoms.